The van der Waals surface area contributed by atoms with Gasteiger partial charge in [0, 0.05) is 56.0 Å². The van der Waals surface area contributed by atoms with E-state index in [-0.39, 0.29) is 41.7 Å². The van der Waals surface area contributed by atoms with E-state index in [1.54, 1.807) is 36.2 Å². The number of nitrogens with zero attached hydrogens (tertiary/aromatic N) is 3. The molecule has 0 aliphatic carbocycles. The van der Waals surface area contributed by atoms with Crippen molar-refractivity contribution in [2.45, 2.75) is 38.8 Å². The van der Waals surface area contributed by atoms with Crippen LogP contribution in [0.15, 0.2) is 36.5 Å². The number of fused-ring (bicyclic) bond motifs is 1. The molecule has 1 aromatic carbocycles. The second-order valence-electron chi connectivity index (χ2n) is 10.3. The Bertz CT molecular complexity index is 1230. The molecule has 3 atom stereocenters. The Morgan fingerprint density at radius 2 is 2.00 bits per heavy atom. The van der Waals surface area contributed by atoms with Crippen molar-refractivity contribution in [3.8, 4) is 23.5 Å². The van der Waals surface area contributed by atoms with Crippen LogP contribution < -0.4 is 9.47 Å². The largest absolute Gasteiger partial charge is 0.497 e. The van der Waals surface area contributed by atoms with E-state index in [1.807, 2.05) is 38.1 Å². The Labute approximate surface area is 230 Å². The van der Waals surface area contributed by atoms with Gasteiger partial charge in [0.15, 0.2) is 0 Å². The van der Waals surface area contributed by atoms with Gasteiger partial charge < -0.3 is 29.1 Å². The molecule has 0 radical (unpaired) electrons. The highest BCUT2D eigenvalue weighted by Gasteiger charge is 2.35. The van der Waals surface area contributed by atoms with Gasteiger partial charge in [-0.2, -0.15) is 0 Å². The first-order valence-electron chi connectivity index (χ1n) is 13.4. The fourth-order valence-corrected chi connectivity index (χ4v) is 4.85. The molecule has 2 amide bonds. The molecule has 2 aromatic rings. The number of carbonyl (C=O) groups is 2. The molecule has 1 fully saturated rings. The maximum Gasteiger partial charge on any atom is 0.259 e. The predicted molar refractivity (Wildman–Crippen MR) is 146 cm³/mol. The van der Waals surface area contributed by atoms with Crippen LogP contribution in [-0.2, 0) is 9.53 Å². The van der Waals surface area contributed by atoms with Crippen molar-refractivity contribution in [2.24, 2.45) is 11.8 Å². The van der Waals surface area contributed by atoms with Crippen molar-refractivity contribution in [1.29, 1.82) is 0 Å². The van der Waals surface area contributed by atoms with Crippen LogP contribution in [0.25, 0.3) is 0 Å². The summed E-state index contributed by atoms with van der Waals surface area (Å²) in [6.45, 7) is 5.52. The van der Waals surface area contributed by atoms with Crippen molar-refractivity contribution in [3.63, 3.8) is 0 Å². The number of rotatable bonds is 6. The van der Waals surface area contributed by atoms with Gasteiger partial charge in [0.2, 0.25) is 11.8 Å². The molecule has 4 rings (SSSR count). The summed E-state index contributed by atoms with van der Waals surface area (Å²) >= 11 is 0. The van der Waals surface area contributed by atoms with Gasteiger partial charge in [0.25, 0.3) is 5.91 Å². The molecular formula is C30H37N3O6. The number of pyridine rings is 1. The molecule has 0 saturated carbocycles. The van der Waals surface area contributed by atoms with Gasteiger partial charge in [0.05, 0.1) is 26.3 Å². The molecule has 208 valence electrons. The van der Waals surface area contributed by atoms with Gasteiger partial charge in [-0.15, -0.1) is 0 Å². The number of benzene rings is 1. The van der Waals surface area contributed by atoms with Gasteiger partial charge in [0.1, 0.15) is 17.4 Å². The van der Waals surface area contributed by atoms with E-state index in [4.69, 9.17) is 14.2 Å². The number of aromatic nitrogens is 1. The molecule has 9 heteroatoms. The van der Waals surface area contributed by atoms with E-state index >= 15 is 0 Å². The summed E-state index contributed by atoms with van der Waals surface area (Å²) in [5, 5.41) is 9.90. The van der Waals surface area contributed by atoms with Crippen LogP contribution in [0, 0.1) is 23.7 Å². The van der Waals surface area contributed by atoms with Crippen LogP contribution in [-0.4, -0.2) is 90.9 Å². The number of hydrogen-bond acceptors (Lipinski definition) is 7. The molecule has 39 heavy (non-hydrogen) atoms. The Balaban J connectivity index is 1.62. The van der Waals surface area contributed by atoms with E-state index in [0.717, 1.165) is 5.56 Å². The van der Waals surface area contributed by atoms with Gasteiger partial charge in [-0.3, -0.25) is 9.59 Å². The van der Waals surface area contributed by atoms with Crippen molar-refractivity contribution in [2.75, 3.05) is 47.1 Å². The minimum atomic E-state index is -0.403. The van der Waals surface area contributed by atoms with Crippen molar-refractivity contribution >= 4 is 11.8 Å². The normalized spacial score (nSPS) is 20.4. The number of amides is 2. The third-order valence-corrected chi connectivity index (χ3v) is 7.34. The third kappa shape index (κ3) is 6.88. The predicted octanol–water partition coefficient (Wildman–Crippen LogP) is 2.60. The summed E-state index contributed by atoms with van der Waals surface area (Å²) < 4.78 is 17.0. The number of likely N-dealkylation sites (N-methyl/N-ethyl adjacent to an activating group) is 1. The van der Waals surface area contributed by atoms with Gasteiger partial charge in [-0.1, -0.05) is 24.8 Å². The fourth-order valence-electron chi connectivity index (χ4n) is 4.85. The van der Waals surface area contributed by atoms with Crippen LogP contribution >= 0.6 is 0 Å². The molecule has 0 bridgehead atoms. The quantitative estimate of drug-likeness (QED) is 0.568. The minimum Gasteiger partial charge on any atom is -0.497 e. The van der Waals surface area contributed by atoms with Gasteiger partial charge in [-0.25, -0.2) is 4.98 Å². The molecule has 2 aliphatic rings. The Hall–Kier alpha value is -3.61. The molecule has 1 N–H and O–H groups in total. The van der Waals surface area contributed by atoms with Crippen LogP contribution in [0.2, 0.25) is 0 Å². The Kier molecular flexibility index (Phi) is 9.44. The van der Waals surface area contributed by atoms with Crippen molar-refractivity contribution < 1.29 is 28.9 Å². The van der Waals surface area contributed by atoms with Crippen LogP contribution in [0.3, 0.4) is 0 Å². The number of methoxy groups -OCH3 is 1. The topological polar surface area (TPSA) is 101 Å². The van der Waals surface area contributed by atoms with Crippen molar-refractivity contribution in [1.82, 2.24) is 14.8 Å². The Morgan fingerprint density at radius 1 is 1.26 bits per heavy atom. The first kappa shape index (κ1) is 28.4. The second kappa shape index (κ2) is 13.0. The van der Waals surface area contributed by atoms with E-state index in [2.05, 4.69) is 16.8 Å². The molecule has 9 nitrogen and oxygen atoms in total. The average Bonchev–Trinajstić information content (AvgIpc) is 2.97. The minimum absolute atomic E-state index is 0.0591. The van der Waals surface area contributed by atoms with Crippen LogP contribution in [0.4, 0.5) is 0 Å². The molecule has 3 heterocycles. The number of aliphatic hydroxyl groups excluding tert-OH is 1. The lowest BCUT2D eigenvalue weighted by Crippen LogP contribution is -2.51. The zero-order valence-electron chi connectivity index (χ0n) is 23.1. The highest BCUT2D eigenvalue weighted by molar-refractivity contribution is 5.97. The molecular weight excluding hydrogens is 498 g/mol. The molecule has 2 aliphatic heterocycles. The van der Waals surface area contributed by atoms with Gasteiger partial charge >= 0.3 is 0 Å². The summed E-state index contributed by atoms with van der Waals surface area (Å²) in [4.78, 5) is 34.6. The smallest absolute Gasteiger partial charge is 0.259 e. The van der Waals surface area contributed by atoms with Crippen LogP contribution in [0.5, 0.6) is 11.6 Å². The third-order valence-electron chi connectivity index (χ3n) is 7.34. The summed E-state index contributed by atoms with van der Waals surface area (Å²) in [5.41, 5.74) is 1.61. The zero-order valence-corrected chi connectivity index (χ0v) is 23.1. The van der Waals surface area contributed by atoms with Crippen molar-refractivity contribution in [3.05, 3.63) is 53.2 Å². The first-order chi connectivity index (χ1) is 18.8. The molecule has 1 aromatic heterocycles. The van der Waals surface area contributed by atoms with E-state index < -0.39 is 12.1 Å². The maximum absolute atomic E-state index is 13.6. The van der Waals surface area contributed by atoms with Crippen LogP contribution in [0.1, 0.15) is 48.2 Å². The number of carbonyl (C=O) groups excluding carboxylic acids is 2. The lowest BCUT2D eigenvalue weighted by Gasteiger charge is -2.38. The summed E-state index contributed by atoms with van der Waals surface area (Å²) in [7, 11) is 3.39. The summed E-state index contributed by atoms with van der Waals surface area (Å²) in [5.74, 6) is 6.69. The van der Waals surface area contributed by atoms with E-state index in [9.17, 15) is 14.7 Å². The lowest BCUT2D eigenvalue weighted by molar-refractivity contribution is -0.138. The lowest BCUT2D eigenvalue weighted by atomic mass is 9.97. The summed E-state index contributed by atoms with van der Waals surface area (Å²) in [6, 6.07) is 8.69. The number of ether oxygens (including phenoxy) is 3. The number of hydrogen-bond donors (Lipinski definition) is 1. The zero-order chi connectivity index (χ0) is 27.9. The molecule has 0 unspecified atom stereocenters. The first-order valence-corrected chi connectivity index (χ1v) is 13.4. The SMILES string of the molecule is COc1cccc(C#Cc2cnc3c(c2)C(=O)N([C@H](C)CO)C[C@H](C)[C@H](CN(C)C(=O)C2CCOCC2)O3)c1. The average molecular weight is 536 g/mol. The molecule has 0 spiro atoms. The maximum atomic E-state index is 13.6. The highest BCUT2D eigenvalue weighted by atomic mass is 16.5. The van der Waals surface area contributed by atoms with E-state index in [0.29, 0.717) is 50.5 Å². The standard InChI is InChI=1S/C30H37N3O6/c1-20-17-33(21(2)19-34)30(36)26-15-23(9-8-22-6-5-7-25(14-22)37-4)16-31-28(26)39-27(20)18-32(3)29(35)24-10-12-38-13-11-24/h5-7,14-16,20-21,24,27,34H,10-13,17-19H2,1-4H3/t20-,21+,27-/m0/s1. The molecule has 1 saturated heterocycles. The number of aliphatic hydroxyl groups is 1. The fraction of sp³-hybridized carbons (Fsp3) is 0.500. The van der Waals surface area contributed by atoms with E-state index in [1.165, 1.54) is 0 Å². The monoisotopic (exact) mass is 535 g/mol. The highest BCUT2D eigenvalue weighted by Crippen LogP contribution is 2.28. The second-order valence-corrected chi connectivity index (χ2v) is 10.3. The summed E-state index contributed by atoms with van der Waals surface area (Å²) in [6.07, 6.45) is 2.61. The Morgan fingerprint density at radius 3 is 2.72 bits per heavy atom. The van der Waals surface area contributed by atoms with Gasteiger partial charge in [-0.05, 0) is 44.0 Å².